The second-order valence-corrected chi connectivity index (χ2v) is 6.59. The number of halogens is 1. The van der Waals surface area contributed by atoms with E-state index < -0.39 is 5.82 Å². The summed E-state index contributed by atoms with van der Waals surface area (Å²) in [5.41, 5.74) is 1.97. The molecule has 4 nitrogen and oxygen atoms in total. The average Bonchev–Trinajstić information content (AvgIpc) is 3.11. The van der Waals surface area contributed by atoms with Gasteiger partial charge in [-0.05, 0) is 48.9 Å². The van der Waals surface area contributed by atoms with Crippen molar-refractivity contribution >= 4 is 22.4 Å². The van der Waals surface area contributed by atoms with Crippen molar-refractivity contribution in [3.8, 4) is 17.0 Å². The number of nitrogens with zero attached hydrogens (tertiary/aromatic N) is 1. The summed E-state index contributed by atoms with van der Waals surface area (Å²) in [5, 5.41) is 5.04. The Morgan fingerprint density at radius 1 is 1.23 bits per heavy atom. The fourth-order valence-corrected chi connectivity index (χ4v) is 3.03. The molecular formula is C20H19FN2O2S. The van der Waals surface area contributed by atoms with Crippen molar-refractivity contribution in [1.82, 2.24) is 4.98 Å². The van der Waals surface area contributed by atoms with E-state index in [1.807, 2.05) is 29.6 Å². The molecule has 0 fully saturated rings. The lowest BCUT2D eigenvalue weighted by Crippen LogP contribution is -2.11. The molecule has 3 aromatic rings. The minimum absolute atomic E-state index is 0.260. The number of anilines is 1. The van der Waals surface area contributed by atoms with E-state index in [2.05, 4.69) is 17.2 Å². The van der Waals surface area contributed by atoms with E-state index in [0.29, 0.717) is 11.7 Å². The third-order valence-electron chi connectivity index (χ3n) is 3.73. The van der Waals surface area contributed by atoms with Gasteiger partial charge in [-0.3, -0.25) is 10.1 Å². The van der Waals surface area contributed by atoms with E-state index in [0.717, 1.165) is 29.8 Å². The smallest absolute Gasteiger partial charge is 0.257 e. The number of ether oxygens (including phenoxy) is 1. The summed E-state index contributed by atoms with van der Waals surface area (Å²) in [4.78, 5) is 16.6. The maximum atomic E-state index is 13.2. The predicted molar refractivity (Wildman–Crippen MR) is 102 cm³/mol. The fraction of sp³-hybridized carbons (Fsp3) is 0.200. The number of benzene rings is 2. The van der Waals surface area contributed by atoms with Gasteiger partial charge in [0.25, 0.3) is 5.91 Å². The van der Waals surface area contributed by atoms with Crippen LogP contribution in [0.4, 0.5) is 9.52 Å². The molecule has 0 aliphatic rings. The lowest BCUT2D eigenvalue weighted by atomic mass is 10.2. The molecule has 0 radical (unpaired) electrons. The zero-order chi connectivity index (χ0) is 18.4. The van der Waals surface area contributed by atoms with E-state index in [1.54, 1.807) is 6.07 Å². The van der Waals surface area contributed by atoms with Crippen LogP contribution in [-0.4, -0.2) is 17.5 Å². The molecular weight excluding hydrogens is 351 g/mol. The highest BCUT2D eigenvalue weighted by Gasteiger charge is 2.10. The molecule has 0 spiro atoms. The molecule has 3 rings (SSSR count). The second-order valence-electron chi connectivity index (χ2n) is 5.73. The van der Waals surface area contributed by atoms with Crippen molar-refractivity contribution in [2.45, 2.75) is 19.8 Å². The Bertz CT molecular complexity index is 878. The number of amides is 1. The molecule has 2 aromatic carbocycles. The highest BCUT2D eigenvalue weighted by Crippen LogP contribution is 2.27. The number of nitrogens with one attached hydrogen (secondary N) is 1. The van der Waals surface area contributed by atoms with Crippen LogP contribution >= 0.6 is 11.3 Å². The van der Waals surface area contributed by atoms with Gasteiger partial charge in [-0.15, -0.1) is 11.3 Å². The molecule has 1 amide bonds. The van der Waals surface area contributed by atoms with Gasteiger partial charge in [-0.25, -0.2) is 9.37 Å². The summed E-state index contributed by atoms with van der Waals surface area (Å²) in [6.07, 6.45) is 2.13. The number of unbranched alkanes of at least 4 members (excludes halogenated alkanes) is 1. The standard InChI is InChI=1S/C20H19FN2O2S/c1-2-3-11-25-17-9-7-14(8-10-17)18-13-26-20(22-18)23-19(24)15-5-4-6-16(21)12-15/h4-10,12-13H,2-3,11H2,1H3,(H,22,23,24). The first-order valence-electron chi connectivity index (χ1n) is 8.41. The number of carbonyl (C=O) groups is 1. The van der Waals surface area contributed by atoms with Crippen LogP contribution in [0.1, 0.15) is 30.1 Å². The lowest BCUT2D eigenvalue weighted by Gasteiger charge is -2.05. The van der Waals surface area contributed by atoms with E-state index in [4.69, 9.17) is 4.74 Å². The van der Waals surface area contributed by atoms with Gasteiger partial charge in [-0.1, -0.05) is 19.4 Å². The number of rotatable bonds is 7. The van der Waals surface area contributed by atoms with Crippen LogP contribution in [-0.2, 0) is 0 Å². The minimum Gasteiger partial charge on any atom is -0.494 e. The van der Waals surface area contributed by atoms with Crippen molar-refractivity contribution < 1.29 is 13.9 Å². The van der Waals surface area contributed by atoms with Gasteiger partial charge in [0.15, 0.2) is 5.13 Å². The molecule has 6 heteroatoms. The highest BCUT2D eigenvalue weighted by atomic mass is 32.1. The van der Waals surface area contributed by atoms with E-state index in [9.17, 15) is 9.18 Å². The van der Waals surface area contributed by atoms with Gasteiger partial charge < -0.3 is 4.74 Å². The SMILES string of the molecule is CCCCOc1ccc(-c2csc(NC(=O)c3cccc(F)c3)n2)cc1. The number of hydrogen-bond acceptors (Lipinski definition) is 4. The fourth-order valence-electron chi connectivity index (χ4n) is 2.32. The van der Waals surface area contributed by atoms with Crippen molar-refractivity contribution in [2.24, 2.45) is 0 Å². The molecule has 1 N–H and O–H groups in total. The summed E-state index contributed by atoms with van der Waals surface area (Å²) < 4.78 is 18.9. The van der Waals surface area contributed by atoms with Crippen LogP contribution in [0.5, 0.6) is 5.75 Å². The molecule has 26 heavy (non-hydrogen) atoms. The summed E-state index contributed by atoms with van der Waals surface area (Å²) in [5.74, 6) is 0.000792. The van der Waals surface area contributed by atoms with E-state index in [-0.39, 0.29) is 11.5 Å². The lowest BCUT2D eigenvalue weighted by molar-refractivity contribution is 0.102. The monoisotopic (exact) mass is 370 g/mol. The van der Waals surface area contributed by atoms with Gasteiger partial charge in [-0.2, -0.15) is 0 Å². The maximum absolute atomic E-state index is 13.2. The number of hydrogen-bond donors (Lipinski definition) is 1. The zero-order valence-electron chi connectivity index (χ0n) is 14.4. The molecule has 0 saturated heterocycles. The van der Waals surface area contributed by atoms with Crippen LogP contribution in [0, 0.1) is 5.82 Å². The van der Waals surface area contributed by atoms with Crippen molar-refractivity contribution in [1.29, 1.82) is 0 Å². The first-order chi connectivity index (χ1) is 12.7. The molecule has 1 heterocycles. The normalized spacial score (nSPS) is 10.5. The second kappa shape index (κ2) is 8.58. The Kier molecular flexibility index (Phi) is 5.96. The molecule has 0 aliphatic heterocycles. The largest absolute Gasteiger partial charge is 0.494 e. The van der Waals surface area contributed by atoms with Crippen LogP contribution in [0.25, 0.3) is 11.3 Å². The zero-order valence-corrected chi connectivity index (χ0v) is 15.2. The van der Waals surface area contributed by atoms with Crippen LogP contribution in [0.15, 0.2) is 53.9 Å². The third kappa shape index (κ3) is 4.67. The molecule has 0 bridgehead atoms. The summed E-state index contributed by atoms with van der Waals surface area (Å²) in [6, 6.07) is 13.3. The summed E-state index contributed by atoms with van der Waals surface area (Å²) in [7, 11) is 0. The Labute approximate surface area is 155 Å². The Morgan fingerprint density at radius 3 is 2.77 bits per heavy atom. The Morgan fingerprint density at radius 2 is 2.04 bits per heavy atom. The van der Waals surface area contributed by atoms with Crippen LogP contribution in [0.3, 0.4) is 0 Å². The Balaban J connectivity index is 1.65. The molecule has 0 atom stereocenters. The molecule has 0 saturated carbocycles. The van der Waals surface area contributed by atoms with Crippen LogP contribution in [0.2, 0.25) is 0 Å². The van der Waals surface area contributed by atoms with E-state index in [1.165, 1.54) is 29.5 Å². The van der Waals surface area contributed by atoms with Gasteiger partial charge in [0.1, 0.15) is 11.6 Å². The molecule has 0 unspecified atom stereocenters. The van der Waals surface area contributed by atoms with Crippen LogP contribution < -0.4 is 10.1 Å². The first-order valence-corrected chi connectivity index (χ1v) is 9.29. The molecule has 134 valence electrons. The summed E-state index contributed by atoms with van der Waals surface area (Å²) >= 11 is 1.32. The van der Waals surface area contributed by atoms with E-state index >= 15 is 0 Å². The average molecular weight is 370 g/mol. The quantitative estimate of drug-likeness (QED) is 0.568. The molecule has 1 aromatic heterocycles. The topological polar surface area (TPSA) is 51.2 Å². The number of thiazole rings is 1. The third-order valence-corrected chi connectivity index (χ3v) is 4.49. The van der Waals surface area contributed by atoms with Crippen molar-refractivity contribution in [2.75, 3.05) is 11.9 Å². The first kappa shape index (κ1) is 18.1. The number of aromatic nitrogens is 1. The van der Waals surface area contributed by atoms with Gasteiger partial charge in [0, 0.05) is 16.5 Å². The van der Waals surface area contributed by atoms with Crippen molar-refractivity contribution in [3.05, 3.63) is 65.3 Å². The predicted octanol–water partition coefficient (Wildman–Crippen LogP) is 5.38. The highest BCUT2D eigenvalue weighted by molar-refractivity contribution is 7.14. The van der Waals surface area contributed by atoms with Gasteiger partial charge >= 0.3 is 0 Å². The van der Waals surface area contributed by atoms with Gasteiger partial charge in [0.2, 0.25) is 0 Å². The number of carbonyl (C=O) groups excluding carboxylic acids is 1. The maximum Gasteiger partial charge on any atom is 0.257 e. The van der Waals surface area contributed by atoms with Crippen molar-refractivity contribution in [3.63, 3.8) is 0 Å². The van der Waals surface area contributed by atoms with Gasteiger partial charge in [0.05, 0.1) is 12.3 Å². The molecule has 0 aliphatic carbocycles. The summed E-state index contributed by atoms with van der Waals surface area (Å²) in [6.45, 7) is 2.84. The minimum atomic E-state index is -0.446. The Hall–Kier alpha value is -2.73.